The van der Waals surface area contributed by atoms with Crippen molar-refractivity contribution < 1.29 is 13.2 Å². The van der Waals surface area contributed by atoms with Crippen LogP contribution in [0.5, 0.6) is 0 Å². The van der Waals surface area contributed by atoms with E-state index in [4.69, 9.17) is 4.98 Å². The molecule has 8 nitrogen and oxygen atoms in total. The van der Waals surface area contributed by atoms with Gasteiger partial charge in [0.15, 0.2) is 0 Å². The number of carbonyl (C=O) groups excluding carboxylic acids is 1. The second-order valence-electron chi connectivity index (χ2n) is 8.68. The van der Waals surface area contributed by atoms with E-state index >= 15 is 0 Å². The van der Waals surface area contributed by atoms with Gasteiger partial charge in [-0.15, -0.1) is 22.7 Å². The lowest BCUT2D eigenvalue weighted by Crippen LogP contribution is -2.47. The Balaban J connectivity index is 1.32. The molecule has 1 saturated heterocycles. The van der Waals surface area contributed by atoms with Gasteiger partial charge in [0.25, 0.3) is 10.0 Å². The van der Waals surface area contributed by atoms with Crippen LogP contribution in [0.4, 0.5) is 11.4 Å². The molecule has 12 heteroatoms. The first kappa shape index (κ1) is 24.9. The molecule has 2 aliphatic heterocycles. The first-order chi connectivity index (χ1) is 16.7. The fourth-order valence-electron chi connectivity index (χ4n) is 4.50. The van der Waals surface area contributed by atoms with Gasteiger partial charge in [-0.1, -0.05) is 12.1 Å². The minimum atomic E-state index is -3.63. The molecule has 35 heavy (non-hydrogen) atoms. The van der Waals surface area contributed by atoms with E-state index in [-0.39, 0.29) is 11.9 Å². The largest absolute Gasteiger partial charge is 0.374 e. The van der Waals surface area contributed by atoms with Crippen LogP contribution in [0.1, 0.15) is 28.4 Å². The predicted octanol–water partition coefficient (Wildman–Crippen LogP) is 4.01. The number of piperazine rings is 1. The Bertz CT molecular complexity index is 1330. The van der Waals surface area contributed by atoms with Crippen molar-refractivity contribution in [1.82, 2.24) is 14.8 Å². The van der Waals surface area contributed by atoms with E-state index in [1.807, 2.05) is 17.2 Å². The van der Waals surface area contributed by atoms with E-state index in [9.17, 15) is 13.2 Å². The summed E-state index contributed by atoms with van der Waals surface area (Å²) in [4.78, 5) is 21.7. The molecule has 4 heterocycles. The zero-order chi connectivity index (χ0) is 24.7. The summed E-state index contributed by atoms with van der Waals surface area (Å²) in [6.45, 7) is 5.72. The maximum atomic E-state index is 13.2. The number of nitrogens with zero attached hydrogens (tertiary/aromatic N) is 4. The summed E-state index contributed by atoms with van der Waals surface area (Å²) in [5, 5.41) is 6.36. The van der Waals surface area contributed by atoms with Crippen molar-refractivity contribution in [3.63, 3.8) is 0 Å². The molecule has 1 N–H and O–H groups in total. The monoisotopic (exact) mass is 643 g/mol. The average Bonchev–Trinajstić information content (AvgIpc) is 3.59. The molecule has 0 spiro atoms. The van der Waals surface area contributed by atoms with Gasteiger partial charge in [-0.2, -0.15) is 0 Å². The Morgan fingerprint density at radius 1 is 1.26 bits per heavy atom. The van der Waals surface area contributed by atoms with Crippen LogP contribution < -0.4 is 9.62 Å². The number of benzene rings is 1. The van der Waals surface area contributed by atoms with Gasteiger partial charge < -0.3 is 10.2 Å². The number of carbonyl (C=O) groups is 1. The highest BCUT2D eigenvalue weighted by atomic mass is 127. The number of anilines is 2. The van der Waals surface area contributed by atoms with Gasteiger partial charge in [-0.25, -0.2) is 13.4 Å². The Hall–Kier alpha value is -1.74. The summed E-state index contributed by atoms with van der Waals surface area (Å²) in [7, 11) is -2.01. The number of hydrogen-bond acceptors (Lipinski definition) is 8. The van der Waals surface area contributed by atoms with E-state index in [1.165, 1.54) is 20.5 Å². The van der Waals surface area contributed by atoms with Crippen LogP contribution in [-0.2, 0) is 27.8 Å². The van der Waals surface area contributed by atoms with Gasteiger partial charge in [0.1, 0.15) is 9.22 Å². The Labute approximate surface area is 227 Å². The number of thiophene rings is 1. The first-order valence-electron chi connectivity index (χ1n) is 11.3. The molecule has 0 aliphatic carbocycles. The lowest BCUT2D eigenvalue weighted by Gasteiger charge is -2.33. The van der Waals surface area contributed by atoms with E-state index in [1.54, 1.807) is 42.8 Å². The SMILES string of the molecule is CC(=O)N1CCN(Cc2cnc(C3Cc4ccc(I)c(N(C)S(=O)(=O)c5cccs5)c4N3)s2)CC1. The van der Waals surface area contributed by atoms with Crippen LogP contribution in [-0.4, -0.2) is 62.3 Å². The highest BCUT2D eigenvalue weighted by Crippen LogP contribution is 2.45. The topological polar surface area (TPSA) is 85.9 Å². The first-order valence-corrected chi connectivity index (χ1v) is 15.5. The Kier molecular flexibility index (Phi) is 7.09. The molecular weight excluding hydrogens is 617 g/mol. The van der Waals surface area contributed by atoms with Crippen LogP contribution in [0.15, 0.2) is 40.1 Å². The molecule has 0 saturated carbocycles. The summed E-state index contributed by atoms with van der Waals surface area (Å²) in [6.07, 6.45) is 2.70. The summed E-state index contributed by atoms with van der Waals surface area (Å²) >= 11 is 5.12. The van der Waals surface area contributed by atoms with Crippen molar-refractivity contribution >= 4 is 72.6 Å². The fourth-order valence-corrected chi connectivity index (χ4v) is 8.88. The number of amides is 1. The summed E-state index contributed by atoms with van der Waals surface area (Å²) in [6, 6.07) is 7.45. The number of hydrogen-bond donors (Lipinski definition) is 1. The molecule has 3 aromatic rings. The lowest BCUT2D eigenvalue weighted by atomic mass is 10.1. The summed E-state index contributed by atoms with van der Waals surface area (Å²) in [5.74, 6) is 0.138. The standard InChI is InChI=1S/C23H26IN5O3S3/c1-15(30)29-9-7-28(8-10-29)14-17-13-25-23(34-17)19-12-16-5-6-18(24)22(21(16)26-19)27(2)35(31,32)20-4-3-11-33-20/h3-6,11,13,19,26H,7-10,12,14H2,1-2H3. The van der Waals surface area contributed by atoms with Crippen LogP contribution in [0, 0.1) is 3.57 Å². The van der Waals surface area contributed by atoms with E-state index < -0.39 is 10.0 Å². The fraction of sp³-hybridized carbons (Fsp3) is 0.391. The third-order valence-electron chi connectivity index (χ3n) is 6.45. The minimum Gasteiger partial charge on any atom is -0.374 e. The summed E-state index contributed by atoms with van der Waals surface area (Å²) < 4.78 is 29.0. The quantitative estimate of drug-likeness (QED) is 0.409. The molecule has 1 fully saturated rings. The number of halogens is 1. The second kappa shape index (κ2) is 9.96. The van der Waals surface area contributed by atoms with Crippen molar-refractivity contribution in [1.29, 1.82) is 0 Å². The average molecular weight is 644 g/mol. The highest BCUT2D eigenvalue weighted by molar-refractivity contribution is 14.1. The molecule has 1 unspecified atom stereocenters. The Morgan fingerprint density at radius 2 is 2.03 bits per heavy atom. The van der Waals surface area contributed by atoms with Gasteiger partial charge in [0.05, 0.1) is 17.4 Å². The summed E-state index contributed by atoms with van der Waals surface area (Å²) in [5.41, 5.74) is 2.64. The number of nitrogens with one attached hydrogen (secondary N) is 1. The molecule has 2 aromatic heterocycles. The molecule has 1 amide bonds. The van der Waals surface area contributed by atoms with E-state index in [0.717, 1.165) is 59.0 Å². The van der Waals surface area contributed by atoms with Crippen molar-refractivity contribution in [2.75, 3.05) is 42.8 Å². The number of aromatic nitrogens is 1. The van der Waals surface area contributed by atoms with Crippen molar-refractivity contribution in [2.45, 2.75) is 30.1 Å². The molecule has 0 bridgehead atoms. The molecule has 1 atom stereocenters. The maximum absolute atomic E-state index is 13.2. The highest BCUT2D eigenvalue weighted by Gasteiger charge is 2.33. The zero-order valence-electron chi connectivity index (χ0n) is 19.4. The van der Waals surface area contributed by atoms with Crippen molar-refractivity contribution in [2.24, 2.45) is 0 Å². The van der Waals surface area contributed by atoms with Crippen LogP contribution in [0.2, 0.25) is 0 Å². The molecule has 186 valence electrons. The molecule has 2 aliphatic rings. The molecular formula is C23H26IN5O3S3. The molecule has 0 radical (unpaired) electrons. The van der Waals surface area contributed by atoms with Gasteiger partial charge in [0, 0.05) is 67.8 Å². The minimum absolute atomic E-state index is 0.00750. The third-order valence-corrected chi connectivity index (χ3v) is 11.5. The number of rotatable bonds is 6. The molecule has 1 aromatic carbocycles. The molecule has 5 rings (SSSR count). The van der Waals surface area contributed by atoms with Gasteiger partial charge in [-0.05, 0) is 45.7 Å². The van der Waals surface area contributed by atoms with Gasteiger partial charge in [0.2, 0.25) is 5.91 Å². The van der Waals surface area contributed by atoms with Crippen molar-refractivity contribution in [3.05, 3.63) is 54.9 Å². The zero-order valence-corrected chi connectivity index (χ0v) is 24.0. The van der Waals surface area contributed by atoms with Crippen LogP contribution >= 0.6 is 45.3 Å². The van der Waals surface area contributed by atoms with E-state index in [2.05, 4.69) is 38.9 Å². The number of sulfonamides is 1. The van der Waals surface area contributed by atoms with Gasteiger partial charge >= 0.3 is 0 Å². The van der Waals surface area contributed by atoms with Crippen LogP contribution in [0.25, 0.3) is 0 Å². The number of thiazole rings is 1. The van der Waals surface area contributed by atoms with E-state index in [0.29, 0.717) is 9.90 Å². The smallest absolute Gasteiger partial charge is 0.273 e. The second-order valence-corrected chi connectivity index (χ2v) is 14.1. The van der Waals surface area contributed by atoms with Gasteiger partial charge in [-0.3, -0.25) is 14.0 Å². The number of fused-ring (bicyclic) bond motifs is 1. The predicted molar refractivity (Wildman–Crippen MR) is 149 cm³/mol. The van der Waals surface area contributed by atoms with Crippen LogP contribution in [0.3, 0.4) is 0 Å². The van der Waals surface area contributed by atoms with Crippen molar-refractivity contribution in [3.8, 4) is 0 Å². The lowest BCUT2D eigenvalue weighted by molar-refractivity contribution is -0.130. The third kappa shape index (κ3) is 4.95. The Morgan fingerprint density at radius 3 is 2.71 bits per heavy atom. The maximum Gasteiger partial charge on any atom is 0.273 e. The normalized spacial score (nSPS) is 18.4.